The number of ether oxygens (including phenoxy) is 3. The van der Waals surface area contributed by atoms with E-state index < -0.39 is 0 Å². The summed E-state index contributed by atoms with van der Waals surface area (Å²) in [7, 11) is 0. The summed E-state index contributed by atoms with van der Waals surface area (Å²) < 4.78 is 17.4. The van der Waals surface area contributed by atoms with Crippen LogP contribution in [-0.2, 0) is 4.74 Å². The third kappa shape index (κ3) is 10.9. The quantitative estimate of drug-likeness (QED) is 0.228. The summed E-state index contributed by atoms with van der Waals surface area (Å²) in [5.74, 6) is 2.24. The van der Waals surface area contributed by atoms with Gasteiger partial charge in [-0.3, -0.25) is 0 Å². The van der Waals surface area contributed by atoms with Crippen molar-refractivity contribution in [3.8, 4) is 22.9 Å². The first-order chi connectivity index (χ1) is 15.7. The van der Waals surface area contributed by atoms with Crippen molar-refractivity contribution in [2.75, 3.05) is 19.8 Å². The first kappa shape index (κ1) is 26.1. The van der Waals surface area contributed by atoms with Crippen LogP contribution in [0.4, 0.5) is 0 Å². The van der Waals surface area contributed by atoms with Gasteiger partial charge in [0.25, 0.3) is 0 Å². The highest BCUT2D eigenvalue weighted by Crippen LogP contribution is 2.21. The predicted octanol–water partition coefficient (Wildman–Crippen LogP) is 7.25. The molecule has 0 aliphatic rings. The van der Waals surface area contributed by atoms with Gasteiger partial charge in [0.15, 0.2) is 11.6 Å². The molecule has 178 valence electrons. The Morgan fingerprint density at radius 2 is 1.28 bits per heavy atom. The summed E-state index contributed by atoms with van der Waals surface area (Å²) in [5.41, 5.74) is 0.965. The largest absolute Gasteiger partial charge is 0.494 e. The summed E-state index contributed by atoms with van der Waals surface area (Å²) in [6, 6.07) is 7.97. The first-order valence-corrected chi connectivity index (χ1v) is 12.5. The van der Waals surface area contributed by atoms with Crippen LogP contribution in [0.15, 0.2) is 36.7 Å². The molecule has 0 aliphatic heterocycles. The van der Waals surface area contributed by atoms with Crippen LogP contribution in [0.5, 0.6) is 11.5 Å². The summed E-state index contributed by atoms with van der Waals surface area (Å²) >= 11 is 0. The lowest BCUT2D eigenvalue weighted by molar-refractivity contribution is 0.0301. The molecule has 0 bridgehead atoms. The number of hydrogen-bond donors (Lipinski definition) is 0. The minimum Gasteiger partial charge on any atom is -0.494 e. The summed E-state index contributed by atoms with van der Waals surface area (Å²) in [6.07, 6.45) is 16.0. The number of benzene rings is 1. The Morgan fingerprint density at radius 3 is 1.97 bits per heavy atom. The molecule has 0 spiro atoms. The molecule has 0 fully saturated rings. The molecule has 0 N–H and O–H groups in total. The molecule has 1 heterocycles. The Labute approximate surface area is 194 Å². The molecule has 2 aromatic rings. The van der Waals surface area contributed by atoms with Gasteiger partial charge in [0, 0.05) is 12.2 Å². The van der Waals surface area contributed by atoms with E-state index in [1.807, 2.05) is 31.2 Å². The monoisotopic (exact) mass is 442 g/mol. The van der Waals surface area contributed by atoms with E-state index in [0.717, 1.165) is 37.4 Å². The minimum atomic E-state index is 0.0557. The molecular weight excluding hydrogens is 400 g/mol. The molecule has 0 saturated heterocycles. The maximum Gasteiger partial charge on any atom is 0.159 e. The number of hydrogen-bond acceptors (Lipinski definition) is 5. The second kappa shape index (κ2) is 16.5. The van der Waals surface area contributed by atoms with Gasteiger partial charge in [-0.05, 0) is 44.0 Å². The van der Waals surface area contributed by atoms with Gasteiger partial charge in [0.2, 0.25) is 0 Å². The molecule has 0 amide bonds. The Morgan fingerprint density at radius 1 is 0.688 bits per heavy atom. The van der Waals surface area contributed by atoms with Crippen LogP contribution >= 0.6 is 0 Å². The molecule has 1 atom stereocenters. The topological polar surface area (TPSA) is 53.5 Å². The molecule has 0 radical (unpaired) electrons. The molecule has 1 aromatic carbocycles. The molecule has 2 rings (SSSR count). The molecular formula is C27H42N2O3. The van der Waals surface area contributed by atoms with E-state index in [-0.39, 0.29) is 6.10 Å². The number of aromatic nitrogens is 2. The van der Waals surface area contributed by atoms with Gasteiger partial charge in [-0.15, -0.1) is 0 Å². The van der Waals surface area contributed by atoms with E-state index in [1.165, 1.54) is 51.4 Å². The van der Waals surface area contributed by atoms with Crippen LogP contribution in [0.3, 0.4) is 0 Å². The highest BCUT2D eigenvalue weighted by atomic mass is 16.5. The Kier molecular flexibility index (Phi) is 13.5. The van der Waals surface area contributed by atoms with Crippen molar-refractivity contribution in [1.29, 1.82) is 0 Å². The van der Waals surface area contributed by atoms with Crippen molar-refractivity contribution in [2.24, 2.45) is 0 Å². The number of rotatable bonds is 18. The molecule has 32 heavy (non-hydrogen) atoms. The Bertz CT molecular complexity index is 704. The van der Waals surface area contributed by atoms with E-state index in [1.54, 1.807) is 12.4 Å². The van der Waals surface area contributed by atoms with Gasteiger partial charge >= 0.3 is 0 Å². The fraction of sp³-hybridized carbons (Fsp3) is 0.630. The Hall–Kier alpha value is -2.14. The first-order valence-electron chi connectivity index (χ1n) is 12.5. The van der Waals surface area contributed by atoms with Crippen LogP contribution in [0, 0.1) is 0 Å². The maximum atomic E-state index is 5.85. The average Bonchev–Trinajstić information content (AvgIpc) is 2.83. The zero-order chi connectivity index (χ0) is 22.9. The lowest BCUT2D eigenvalue weighted by Crippen LogP contribution is -2.18. The average molecular weight is 443 g/mol. The predicted molar refractivity (Wildman–Crippen MR) is 131 cm³/mol. The highest BCUT2D eigenvalue weighted by Gasteiger charge is 2.06. The van der Waals surface area contributed by atoms with Gasteiger partial charge in [-0.1, -0.05) is 65.2 Å². The van der Waals surface area contributed by atoms with Crippen LogP contribution in [0.2, 0.25) is 0 Å². The minimum absolute atomic E-state index is 0.0557. The van der Waals surface area contributed by atoms with Crippen molar-refractivity contribution in [1.82, 2.24) is 9.97 Å². The van der Waals surface area contributed by atoms with E-state index in [2.05, 4.69) is 23.8 Å². The second-order valence-corrected chi connectivity index (χ2v) is 8.44. The molecule has 1 aromatic heterocycles. The Balaban J connectivity index is 1.67. The van der Waals surface area contributed by atoms with E-state index in [0.29, 0.717) is 18.2 Å². The van der Waals surface area contributed by atoms with Crippen LogP contribution in [0.25, 0.3) is 11.4 Å². The van der Waals surface area contributed by atoms with Crippen LogP contribution < -0.4 is 9.47 Å². The van der Waals surface area contributed by atoms with Crippen LogP contribution in [0.1, 0.15) is 85.0 Å². The summed E-state index contributed by atoms with van der Waals surface area (Å²) in [6.45, 7) is 8.56. The summed E-state index contributed by atoms with van der Waals surface area (Å²) in [4.78, 5) is 8.89. The normalized spacial score (nSPS) is 12.0. The zero-order valence-electron chi connectivity index (χ0n) is 20.4. The smallest absolute Gasteiger partial charge is 0.159 e. The number of nitrogens with zero attached hydrogens (tertiary/aromatic N) is 2. The van der Waals surface area contributed by atoms with Crippen molar-refractivity contribution in [3.63, 3.8) is 0 Å². The van der Waals surface area contributed by atoms with Gasteiger partial charge in [-0.2, -0.15) is 0 Å². The maximum absolute atomic E-state index is 5.85. The lowest BCUT2D eigenvalue weighted by atomic mass is 10.1. The lowest BCUT2D eigenvalue weighted by Gasteiger charge is -2.14. The third-order valence-corrected chi connectivity index (χ3v) is 5.39. The molecule has 5 nitrogen and oxygen atoms in total. The van der Waals surface area contributed by atoms with Gasteiger partial charge in [-0.25, -0.2) is 9.97 Å². The van der Waals surface area contributed by atoms with Crippen LogP contribution in [-0.4, -0.2) is 35.9 Å². The van der Waals surface area contributed by atoms with Crippen molar-refractivity contribution in [2.45, 2.75) is 91.1 Å². The summed E-state index contributed by atoms with van der Waals surface area (Å²) in [5, 5.41) is 0. The highest BCUT2D eigenvalue weighted by molar-refractivity contribution is 5.56. The van der Waals surface area contributed by atoms with Crippen molar-refractivity contribution >= 4 is 0 Å². The van der Waals surface area contributed by atoms with Gasteiger partial charge in [0.1, 0.15) is 12.4 Å². The molecule has 0 saturated carbocycles. The standard InChI is InChI=1S/C27H42N2O3/c1-4-6-8-10-11-13-19-31-25-16-14-24(15-17-25)27-28-20-26(21-29-27)32-22-23(3)30-18-12-9-7-5-2/h14-17,20-21,23H,4-13,18-19,22H2,1-3H3. The zero-order valence-corrected chi connectivity index (χ0v) is 20.4. The van der Waals surface area contributed by atoms with Gasteiger partial charge < -0.3 is 14.2 Å². The number of unbranched alkanes of at least 4 members (excludes halogenated alkanes) is 8. The van der Waals surface area contributed by atoms with E-state index in [4.69, 9.17) is 14.2 Å². The van der Waals surface area contributed by atoms with Crippen molar-refractivity contribution < 1.29 is 14.2 Å². The molecule has 5 heteroatoms. The SMILES string of the molecule is CCCCCCCCOc1ccc(-c2ncc(OCC(C)OCCCCCC)cn2)cc1. The van der Waals surface area contributed by atoms with E-state index >= 15 is 0 Å². The van der Waals surface area contributed by atoms with E-state index in [9.17, 15) is 0 Å². The fourth-order valence-corrected chi connectivity index (χ4v) is 3.39. The molecule has 1 unspecified atom stereocenters. The van der Waals surface area contributed by atoms with Gasteiger partial charge in [0.05, 0.1) is 25.1 Å². The molecule has 0 aliphatic carbocycles. The van der Waals surface area contributed by atoms with Crippen molar-refractivity contribution in [3.05, 3.63) is 36.7 Å². The second-order valence-electron chi connectivity index (χ2n) is 8.44. The third-order valence-electron chi connectivity index (χ3n) is 5.39. The fourth-order valence-electron chi connectivity index (χ4n) is 3.39.